The van der Waals surface area contributed by atoms with E-state index in [0.717, 1.165) is 11.1 Å². The van der Waals surface area contributed by atoms with Crippen LogP contribution < -0.4 is 5.32 Å². The number of aromatic nitrogens is 1. The van der Waals surface area contributed by atoms with E-state index in [0.29, 0.717) is 16.1 Å². The van der Waals surface area contributed by atoms with Crippen LogP contribution in [-0.4, -0.2) is 22.5 Å². The number of anilines is 1. The number of pyridine rings is 1. The first kappa shape index (κ1) is 13.3. The van der Waals surface area contributed by atoms with Crippen molar-refractivity contribution >= 4 is 40.8 Å². The summed E-state index contributed by atoms with van der Waals surface area (Å²) in [6.07, 6.45) is 8.73. The summed E-state index contributed by atoms with van der Waals surface area (Å²) in [5.41, 5.74) is 0. The smallest absolute Gasteiger partial charge is 0.145 e. The molecule has 0 amide bonds. The third-order valence-corrected chi connectivity index (χ3v) is 4.79. The SMILES string of the molecule is CSC1CCC(Nc2ncc(Cl)cc2Cl)CC1. The molecule has 5 heteroatoms. The molecule has 0 radical (unpaired) electrons. The Hall–Kier alpha value is -0.120. The van der Waals surface area contributed by atoms with Gasteiger partial charge in [-0.3, -0.25) is 0 Å². The molecular weight excluding hydrogens is 275 g/mol. The van der Waals surface area contributed by atoms with E-state index in [2.05, 4.69) is 16.6 Å². The van der Waals surface area contributed by atoms with Gasteiger partial charge in [-0.15, -0.1) is 0 Å². The summed E-state index contributed by atoms with van der Waals surface area (Å²) < 4.78 is 0. The fourth-order valence-electron chi connectivity index (χ4n) is 2.16. The lowest BCUT2D eigenvalue weighted by atomic mass is 9.95. The van der Waals surface area contributed by atoms with E-state index < -0.39 is 0 Å². The van der Waals surface area contributed by atoms with Gasteiger partial charge >= 0.3 is 0 Å². The highest BCUT2D eigenvalue weighted by atomic mass is 35.5. The summed E-state index contributed by atoms with van der Waals surface area (Å²) >= 11 is 13.9. The second kappa shape index (κ2) is 6.17. The highest BCUT2D eigenvalue weighted by molar-refractivity contribution is 7.99. The Morgan fingerprint density at radius 3 is 2.59 bits per heavy atom. The van der Waals surface area contributed by atoms with Gasteiger partial charge in [-0.25, -0.2) is 4.98 Å². The third kappa shape index (κ3) is 3.67. The number of nitrogens with zero attached hydrogens (tertiary/aromatic N) is 1. The van der Waals surface area contributed by atoms with Gasteiger partial charge < -0.3 is 5.32 Å². The molecule has 1 aromatic heterocycles. The molecule has 0 saturated heterocycles. The molecule has 0 spiro atoms. The van der Waals surface area contributed by atoms with Crippen LogP contribution in [0.5, 0.6) is 0 Å². The number of hydrogen-bond acceptors (Lipinski definition) is 3. The van der Waals surface area contributed by atoms with E-state index in [4.69, 9.17) is 23.2 Å². The summed E-state index contributed by atoms with van der Waals surface area (Å²) in [6, 6.07) is 2.22. The Labute approximate surface area is 116 Å². The van der Waals surface area contributed by atoms with E-state index in [1.165, 1.54) is 25.7 Å². The minimum Gasteiger partial charge on any atom is -0.366 e. The van der Waals surface area contributed by atoms with Gasteiger partial charge in [-0.05, 0) is 38.0 Å². The van der Waals surface area contributed by atoms with Crippen molar-refractivity contribution in [2.24, 2.45) is 0 Å². The Kier molecular flexibility index (Phi) is 4.83. The number of rotatable bonds is 3. The van der Waals surface area contributed by atoms with Crippen molar-refractivity contribution in [3.05, 3.63) is 22.3 Å². The maximum Gasteiger partial charge on any atom is 0.145 e. The fraction of sp³-hybridized carbons (Fsp3) is 0.583. The van der Waals surface area contributed by atoms with Crippen molar-refractivity contribution < 1.29 is 0 Å². The molecule has 17 heavy (non-hydrogen) atoms. The fourth-order valence-corrected chi connectivity index (χ4v) is 3.34. The van der Waals surface area contributed by atoms with Crippen LogP contribution in [0.4, 0.5) is 5.82 Å². The predicted octanol–water partition coefficient (Wildman–Crippen LogP) is 4.47. The highest BCUT2D eigenvalue weighted by Gasteiger charge is 2.21. The zero-order chi connectivity index (χ0) is 12.3. The van der Waals surface area contributed by atoms with Crippen molar-refractivity contribution in [2.45, 2.75) is 37.0 Å². The van der Waals surface area contributed by atoms with Crippen LogP contribution in [0, 0.1) is 0 Å². The summed E-state index contributed by atoms with van der Waals surface area (Å²) in [5.74, 6) is 0.753. The Balaban J connectivity index is 1.93. The molecule has 0 atom stereocenters. The lowest BCUT2D eigenvalue weighted by Crippen LogP contribution is -2.27. The third-order valence-electron chi connectivity index (χ3n) is 3.16. The Morgan fingerprint density at radius 2 is 2.00 bits per heavy atom. The van der Waals surface area contributed by atoms with Crippen LogP contribution in [0.2, 0.25) is 10.0 Å². The minimum absolute atomic E-state index is 0.490. The lowest BCUT2D eigenvalue weighted by molar-refractivity contribution is 0.472. The number of hydrogen-bond donors (Lipinski definition) is 1. The van der Waals surface area contributed by atoms with Crippen LogP contribution in [0.1, 0.15) is 25.7 Å². The molecule has 1 aliphatic rings. The van der Waals surface area contributed by atoms with Gasteiger partial charge in [0.15, 0.2) is 0 Å². The Bertz CT molecular complexity index is 379. The standard InChI is InChI=1S/C12H16Cl2N2S/c1-17-10-4-2-9(3-5-10)16-12-11(14)6-8(13)7-15-12/h6-7,9-10H,2-5H2,1H3,(H,15,16). The number of halogens is 2. The normalized spacial score (nSPS) is 24.6. The second-order valence-electron chi connectivity index (χ2n) is 4.34. The first-order valence-electron chi connectivity index (χ1n) is 5.79. The van der Waals surface area contributed by atoms with Gasteiger partial charge in [0.05, 0.1) is 10.0 Å². The van der Waals surface area contributed by atoms with E-state index in [-0.39, 0.29) is 0 Å². The second-order valence-corrected chi connectivity index (χ2v) is 6.32. The topological polar surface area (TPSA) is 24.9 Å². The average Bonchev–Trinajstić information content (AvgIpc) is 2.34. The Morgan fingerprint density at radius 1 is 1.29 bits per heavy atom. The molecule has 0 unspecified atom stereocenters. The highest BCUT2D eigenvalue weighted by Crippen LogP contribution is 2.30. The molecule has 1 saturated carbocycles. The van der Waals surface area contributed by atoms with Crippen molar-refractivity contribution in [3.8, 4) is 0 Å². The van der Waals surface area contributed by atoms with E-state index in [9.17, 15) is 0 Å². The number of nitrogens with one attached hydrogen (secondary N) is 1. The largest absolute Gasteiger partial charge is 0.366 e. The molecule has 2 nitrogen and oxygen atoms in total. The van der Waals surface area contributed by atoms with Crippen LogP contribution >= 0.6 is 35.0 Å². The molecular formula is C12H16Cl2N2S. The van der Waals surface area contributed by atoms with Crippen molar-refractivity contribution in [2.75, 3.05) is 11.6 Å². The summed E-state index contributed by atoms with van der Waals surface area (Å²) in [4.78, 5) is 4.23. The van der Waals surface area contributed by atoms with Gasteiger partial charge in [-0.1, -0.05) is 23.2 Å². The van der Waals surface area contributed by atoms with Gasteiger partial charge in [-0.2, -0.15) is 11.8 Å². The summed E-state index contributed by atoms with van der Waals surface area (Å²) in [5, 5.41) is 5.41. The molecule has 0 aliphatic heterocycles. The van der Waals surface area contributed by atoms with Gasteiger partial charge in [0, 0.05) is 17.5 Å². The van der Waals surface area contributed by atoms with E-state index >= 15 is 0 Å². The van der Waals surface area contributed by atoms with Crippen molar-refractivity contribution in [3.63, 3.8) is 0 Å². The van der Waals surface area contributed by atoms with Crippen LogP contribution in [-0.2, 0) is 0 Å². The van der Waals surface area contributed by atoms with E-state index in [1.54, 1.807) is 12.3 Å². The quantitative estimate of drug-likeness (QED) is 0.889. The number of thioether (sulfide) groups is 1. The van der Waals surface area contributed by atoms with Gasteiger partial charge in [0.1, 0.15) is 5.82 Å². The van der Waals surface area contributed by atoms with E-state index in [1.807, 2.05) is 11.8 Å². The minimum atomic E-state index is 0.490. The average molecular weight is 291 g/mol. The van der Waals surface area contributed by atoms with Crippen LogP contribution in [0.25, 0.3) is 0 Å². The molecule has 1 fully saturated rings. The first-order chi connectivity index (χ1) is 8.19. The molecule has 2 rings (SSSR count). The van der Waals surface area contributed by atoms with Crippen molar-refractivity contribution in [1.82, 2.24) is 4.98 Å². The molecule has 1 N–H and O–H groups in total. The molecule has 1 heterocycles. The predicted molar refractivity (Wildman–Crippen MR) is 77.4 cm³/mol. The zero-order valence-corrected chi connectivity index (χ0v) is 12.1. The molecule has 0 aromatic carbocycles. The molecule has 94 valence electrons. The van der Waals surface area contributed by atoms with Gasteiger partial charge in [0.2, 0.25) is 0 Å². The van der Waals surface area contributed by atoms with Crippen LogP contribution in [0.3, 0.4) is 0 Å². The lowest BCUT2D eigenvalue weighted by Gasteiger charge is -2.28. The van der Waals surface area contributed by atoms with Crippen molar-refractivity contribution in [1.29, 1.82) is 0 Å². The maximum atomic E-state index is 6.09. The maximum absolute atomic E-state index is 6.09. The van der Waals surface area contributed by atoms with Gasteiger partial charge in [0.25, 0.3) is 0 Å². The molecule has 1 aromatic rings. The first-order valence-corrected chi connectivity index (χ1v) is 7.84. The zero-order valence-electron chi connectivity index (χ0n) is 9.75. The van der Waals surface area contributed by atoms with Crippen LogP contribution in [0.15, 0.2) is 12.3 Å². The molecule has 1 aliphatic carbocycles. The monoisotopic (exact) mass is 290 g/mol. The molecule has 0 bridgehead atoms. The summed E-state index contributed by atoms with van der Waals surface area (Å²) in [7, 11) is 0. The summed E-state index contributed by atoms with van der Waals surface area (Å²) in [6.45, 7) is 0.